The van der Waals surface area contributed by atoms with Crippen molar-refractivity contribution in [2.24, 2.45) is 5.92 Å². The van der Waals surface area contributed by atoms with Crippen LogP contribution in [0, 0.1) is 5.92 Å². The van der Waals surface area contributed by atoms with Gasteiger partial charge >= 0.3 is 0 Å². The zero-order valence-electron chi connectivity index (χ0n) is 14.1. The number of nitrogens with zero attached hydrogens (tertiary/aromatic N) is 1. The van der Waals surface area contributed by atoms with Crippen LogP contribution in [0.25, 0.3) is 0 Å². The van der Waals surface area contributed by atoms with Crippen molar-refractivity contribution in [3.8, 4) is 0 Å². The average Bonchev–Trinajstić information content (AvgIpc) is 2.55. The molecule has 24 heavy (non-hydrogen) atoms. The number of carbonyl (C=O) groups excluding carboxylic acids is 1. The second-order valence-corrected chi connectivity index (χ2v) is 7.89. The Kier molecular flexibility index (Phi) is 8.15. The zero-order chi connectivity index (χ0) is 16.9. The lowest BCUT2D eigenvalue weighted by atomic mass is 9.96. The summed E-state index contributed by atoms with van der Waals surface area (Å²) in [6.07, 6.45) is 3.14. The summed E-state index contributed by atoms with van der Waals surface area (Å²) >= 11 is 0. The van der Waals surface area contributed by atoms with Crippen LogP contribution in [0.3, 0.4) is 0 Å². The summed E-state index contributed by atoms with van der Waals surface area (Å²) in [6.45, 7) is 2.45. The molecule has 1 fully saturated rings. The first-order chi connectivity index (χ1) is 10.9. The summed E-state index contributed by atoms with van der Waals surface area (Å²) in [5.74, 6) is 0.387. The van der Waals surface area contributed by atoms with E-state index < -0.39 is 10.0 Å². The Morgan fingerprint density at radius 1 is 1.29 bits per heavy atom. The number of amides is 1. The van der Waals surface area contributed by atoms with E-state index in [4.69, 9.17) is 0 Å². The third-order valence-electron chi connectivity index (χ3n) is 4.06. The van der Waals surface area contributed by atoms with Gasteiger partial charge in [0.1, 0.15) is 0 Å². The molecule has 1 aromatic carbocycles. The van der Waals surface area contributed by atoms with Gasteiger partial charge in [-0.1, -0.05) is 0 Å². The molecular weight excluding hydrogens is 350 g/mol. The second kappa shape index (κ2) is 9.36. The van der Waals surface area contributed by atoms with Gasteiger partial charge in [0.25, 0.3) is 5.91 Å². The first-order valence-electron chi connectivity index (χ1n) is 7.92. The van der Waals surface area contributed by atoms with Gasteiger partial charge in [-0.15, -0.1) is 12.4 Å². The Morgan fingerprint density at radius 3 is 2.50 bits per heavy atom. The molecule has 1 saturated heterocycles. The lowest BCUT2D eigenvalue weighted by molar-refractivity contribution is 0.0827. The fourth-order valence-corrected chi connectivity index (χ4v) is 3.73. The van der Waals surface area contributed by atoms with Crippen molar-refractivity contribution in [2.45, 2.75) is 24.2 Å². The summed E-state index contributed by atoms with van der Waals surface area (Å²) in [4.78, 5) is 13.5. The minimum Gasteiger partial charge on any atom is -0.345 e. The van der Waals surface area contributed by atoms with Crippen LogP contribution < -0.4 is 10.0 Å². The third kappa shape index (κ3) is 5.73. The van der Waals surface area contributed by atoms with Gasteiger partial charge in [-0.05, 0) is 62.5 Å². The summed E-state index contributed by atoms with van der Waals surface area (Å²) in [5, 5.41) is 3.33. The van der Waals surface area contributed by atoms with Crippen LogP contribution in [0.4, 0.5) is 0 Å². The maximum absolute atomic E-state index is 12.3. The first-order valence-corrected chi connectivity index (χ1v) is 9.40. The summed E-state index contributed by atoms with van der Waals surface area (Å²) in [7, 11) is -0.196. The van der Waals surface area contributed by atoms with E-state index in [1.54, 1.807) is 26.2 Å². The Balaban J connectivity index is 0.00000288. The standard InChI is InChI=1S/C16H25N3O3S.ClH/c1-19(2)16(20)14-5-7-15(8-6-14)23(21,22)18-11-9-13-4-3-10-17-12-13;/h5-8,13,17-18H,3-4,9-12H2,1-2H3;1H. The fraction of sp³-hybridized carbons (Fsp3) is 0.562. The van der Waals surface area contributed by atoms with Gasteiger partial charge in [-0.2, -0.15) is 0 Å². The molecule has 0 radical (unpaired) electrons. The number of nitrogens with one attached hydrogen (secondary N) is 2. The van der Waals surface area contributed by atoms with Crippen LogP contribution >= 0.6 is 12.4 Å². The maximum Gasteiger partial charge on any atom is 0.253 e. The van der Waals surface area contributed by atoms with Crippen molar-refractivity contribution in [1.29, 1.82) is 0 Å². The van der Waals surface area contributed by atoms with Gasteiger partial charge in [0.15, 0.2) is 0 Å². The number of halogens is 1. The van der Waals surface area contributed by atoms with E-state index in [9.17, 15) is 13.2 Å². The molecule has 1 amide bonds. The molecule has 0 bridgehead atoms. The number of rotatable bonds is 6. The molecule has 1 aliphatic heterocycles. The normalized spacial score (nSPS) is 17.8. The van der Waals surface area contributed by atoms with E-state index in [-0.39, 0.29) is 23.2 Å². The highest BCUT2D eigenvalue weighted by atomic mass is 35.5. The summed E-state index contributed by atoms with van der Waals surface area (Å²) in [6, 6.07) is 6.03. The number of sulfonamides is 1. The van der Waals surface area contributed by atoms with E-state index >= 15 is 0 Å². The number of carbonyl (C=O) groups is 1. The highest BCUT2D eigenvalue weighted by Crippen LogP contribution is 2.15. The quantitative estimate of drug-likeness (QED) is 0.789. The Labute approximate surface area is 150 Å². The van der Waals surface area contributed by atoms with E-state index in [1.165, 1.54) is 17.0 Å². The van der Waals surface area contributed by atoms with Crippen molar-refractivity contribution in [3.63, 3.8) is 0 Å². The molecule has 6 nitrogen and oxygen atoms in total. The number of benzene rings is 1. The third-order valence-corrected chi connectivity index (χ3v) is 5.54. The molecule has 0 aromatic heterocycles. The van der Waals surface area contributed by atoms with Gasteiger partial charge < -0.3 is 10.2 Å². The van der Waals surface area contributed by atoms with Crippen molar-refractivity contribution < 1.29 is 13.2 Å². The van der Waals surface area contributed by atoms with Crippen LogP contribution in [0.1, 0.15) is 29.6 Å². The van der Waals surface area contributed by atoms with Crippen molar-refractivity contribution in [3.05, 3.63) is 29.8 Å². The van der Waals surface area contributed by atoms with E-state index in [0.29, 0.717) is 18.0 Å². The second-order valence-electron chi connectivity index (χ2n) is 6.12. The Bertz CT molecular complexity index is 626. The molecule has 136 valence electrons. The van der Waals surface area contributed by atoms with Gasteiger partial charge in [-0.3, -0.25) is 4.79 Å². The molecule has 0 aliphatic carbocycles. The molecule has 2 N–H and O–H groups in total. The van der Waals surface area contributed by atoms with Gasteiger partial charge in [-0.25, -0.2) is 13.1 Å². The number of hydrogen-bond donors (Lipinski definition) is 2. The predicted molar refractivity (Wildman–Crippen MR) is 97.1 cm³/mol. The molecule has 1 aliphatic rings. The molecule has 1 atom stereocenters. The molecule has 8 heteroatoms. The molecule has 0 spiro atoms. The SMILES string of the molecule is CN(C)C(=O)c1ccc(S(=O)(=O)NCCC2CCCNC2)cc1.Cl. The lowest BCUT2D eigenvalue weighted by Crippen LogP contribution is -2.33. The minimum atomic E-state index is -3.52. The van der Waals surface area contributed by atoms with Crippen LogP contribution in [0.5, 0.6) is 0 Å². The van der Waals surface area contributed by atoms with Crippen LogP contribution in [-0.2, 0) is 10.0 Å². The Morgan fingerprint density at radius 2 is 1.96 bits per heavy atom. The molecule has 0 saturated carbocycles. The molecule has 1 heterocycles. The first kappa shape index (κ1) is 20.9. The van der Waals surface area contributed by atoms with Crippen LogP contribution in [0.2, 0.25) is 0 Å². The predicted octanol–water partition coefficient (Wildman–Crippen LogP) is 1.48. The smallest absolute Gasteiger partial charge is 0.253 e. The van der Waals surface area contributed by atoms with Gasteiger partial charge in [0, 0.05) is 26.2 Å². The van der Waals surface area contributed by atoms with Crippen LogP contribution in [-0.4, -0.2) is 53.0 Å². The molecule has 1 aromatic rings. The zero-order valence-corrected chi connectivity index (χ0v) is 15.8. The summed E-state index contributed by atoms with van der Waals surface area (Å²) < 4.78 is 27.2. The van der Waals surface area contributed by atoms with E-state index in [2.05, 4.69) is 10.0 Å². The minimum absolute atomic E-state index is 0. The maximum atomic E-state index is 12.3. The Hall–Kier alpha value is -1.15. The average molecular weight is 376 g/mol. The van der Waals surface area contributed by atoms with E-state index in [0.717, 1.165) is 32.4 Å². The number of piperidine rings is 1. The number of hydrogen-bond acceptors (Lipinski definition) is 4. The fourth-order valence-electron chi connectivity index (χ4n) is 2.69. The topological polar surface area (TPSA) is 78.5 Å². The molecule has 1 unspecified atom stereocenters. The van der Waals surface area contributed by atoms with Crippen molar-refractivity contribution in [2.75, 3.05) is 33.7 Å². The largest absolute Gasteiger partial charge is 0.345 e. The lowest BCUT2D eigenvalue weighted by Gasteiger charge is -2.22. The van der Waals surface area contributed by atoms with Crippen molar-refractivity contribution >= 4 is 28.3 Å². The highest BCUT2D eigenvalue weighted by Gasteiger charge is 2.17. The van der Waals surface area contributed by atoms with Crippen LogP contribution in [0.15, 0.2) is 29.2 Å². The molecule has 2 rings (SSSR count). The monoisotopic (exact) mass is 375 g/mol. The van der Waals surface area contributed by atoms with Gasteiger partial charge in [0.2, 0.25) is 10.0 Å². The van der Waals surface area contributed by atoms with Crippen molar-refractivity contribution in [1.82, 2.24) is 14.9 Å². The highest BCUT2D eigenvalue weighted by molar-refractivity contribution is 7.89. The van der Waals surface area contributed by atoms with E-state index in [1.807, 2.05) is 0 Å². The van der Waals surface area contributed by atoms with Gasteiger partial charge in [0.05, 0.1) is 4.90 Å². The summed E-state index contributed by atoms with van der Waals surface area (Å²) in [5.41, 5.74) is 0.474. The molecular formula is C16H26ClN3O3S.